The molecule has 10 nitrogen and oxygen atoms in total. The van der Waals surface area contributed by atoms with Gasteiger partial charge in [-0.05, 0) is 50.9 Å². The van der Waals surface area contributed by atoms with Crippen LogP contribution in [-0.2, 0) is 4.79 Å². The van der Waals surface area contributed by atoms with Gasteiger partial charge < -0.3 is 26.3 Å². The highest BCUT2D eigenvalue weighted by Gasteiger charge is 2.37. The van der Waals surface area contributed by atoms with Crippen molar-refractivity contribution in [2.24, 2.45) is 5.73 Å². The fourth-order valence-corrected chi connectivity index (χ4v) is 4.11. The van der Waals surface area contributed by atoms with Gasteiger partial charge in [-0.1, -0.05) is 19.8 Å². The highest BCUT2D eigenvalue weighted by molar-refractivity contribution is 7.09. The number of benzene rings is 1. The first-order chi connectivity index (χ1) is 15.9. The number of hydrogen-bond acceptors (Lipinski definition) is 8. The van der Waals surface area contributed by atoms with Crippen LogP contribution in [0.15, 0.2) is 18.2 Å². The summed E-state index contributed by atoms with van der Waals surface area (Å²) in [5, 5.41) is 2.97. The number of ether oxygens (including phenoxy) is 2. The minimum atomic E-state index is -0.882. The van der Waals surface area contributed by atoms with Crippen molar-refractivity contribution >= 4 is 40.6 Å². The third-order valence-electron chi connectivity index (χ3n) is 4.96. The number of amides is 3. The quantitative estimate of drug-likeness (QED) is 0.462. The van der Waals surface area contributed by atoms with Gasteiger partial charge in [-0.15, -0.1) is 0 Å². The van der Waals surface area contributed by atoms with Crippen LogP contribution in [0.25, 0.3) is 0 Å². The summed E-state index contributed by atoms with van der Waals surface area (Å²) in [4.78, 5) is 40.4. The summed E-state index contributed by atoms with van der Waals surface area (Å²) in [5.41, 5.74) is 10.9. The van der Waals surface area contributed by atoms with E-state index >= 15 is 0 Å². The zero-order valence-electron chi connectivity index (χ0n) is 20.4. The van der Waals surface area contributed by atoms with Gasteiger partial charge in [0.2, 0.25) is 5.91 Å². The second-order valence-electron chi connectivity index (χ2n) is 8.75. The van der Waals surface area contributed by atoms with E-state index in [-0.39, 0.29) is 22.2 Å². The van der Waals surface area contributed by atoms with E-state index < -0.39 is 23.4 Å². The van der Waals surface area contributed by atoms with Crippen LogP contribution < -0.4 is 31.2 Å². The Bertz CT molecular complexity index is 1050. The number of nitrogens with one attached hydrogen (secondary N) is 1. The van der Waals surface area contributed by atoms with Crippen molar-refractivity contribution in [2.75, 3.05) is 24.9 Å². The number of nitrogens with zero attached hydrogens (tertiary/aromatic N) is 2. The molecule has 0 aliphatic rings. The van der Waals surface area contributed by atoms with Gasteiger partial charge in [0, 0.05) is 11.6 Å². The molecule has 1 atom stereocenters. The predicted octanol–water partition coefficient (Wildman–Crippen LogP) is 2.96. The van der Waals surface area contributed by atoms with E-state index in [2.05, 4.69) is 9.69 Å². The third-order valence-corrected chi connectivity index (χ3v) is 5.82. The number of methoxy groups -OCH3 is 2. The van der Waals surface area contributed by atoms with Gasteiger partial charge in [0.05, 0.1) is 25.6 Å². The molecule has 0 aliphatic carbocycles. The van der Waals surface area contributed by atoms with Gasteiger partial charge in [0.25, 0.3) is 11.8 Å². The molecular weight excluding hydrogens is 458 g/mol. The number of aromatic nitrogens is 1. The molecule has 0 spiro atoms. The van der Waals surface area contributed by atoms with E-state index in [1.807, 2.05) is 27.7 Å². The van der Waals surface area contributed by atoms with Crippen LogP contribution in [0.2, 0.25) is 0 Å². The van der Waals surface area contributed by atoms with Gasteiger partial charge in [-0.25, -0.2) is 0 Å². The van der Waals surface area contributed by atoms with E-state index in [4.69, 9.17) is 20.9 Å². The summed E-state index contributed by atoms with van der Waals surface area (Å²) in [6.07, 6.45) is 1.89. The van der Waals surface area contributed by atoms with Gasteiger partial charge in [0.1, 0.15) is 22.4 Å². The largest absolute Gasteiger partial charge is 0.497 e. The fraction of sp³-hybridized carbons (Fsp3) is 0.478. The van der Waals surface area contributed by atoms with Crippen LogP contribution >= 0.6 is 11.5 Å². The lowest BCUT2D eigenvalue weighted by molar-refractivity contribution is -0.123. The zero-order valence-corrected chi connectivity index (χ0v) is 21.2. The molecule has 1 aromatic heterocycles. The molecule has 1 heterocycles. The maximum atomic E-state index is 13.9. The summed E-state index contributed by atoms with van der Waals surface area (Å²) in [7, 11) is 2.98. The number of nitrogens with two attached hydrogens (primary N) is 2. The van der Waals surface area contributed by atoms with E-state index in [9.17, 15) is 14.4 Å². The van der Waals surface area contributed by atoms with Crippen LogP contribution in [-0.4, -0.2) is 47.9 Å². The maximum Gasteiger partial charge on any atom is 0.272 e. The number of carbonyl (C=O) groups is 3. The number of unbranched alkanes of at least 4 members (excludes halogenated alkanes) is 1. The number of primary amides is 1. The lowest BCUT2D eigenvalue weighted by Gasteiger charge is -2.34. The molecule has 186 valence electrons. The summed E-state index contributed by atoms with van der Waals surface area (Å²) in [6.45, 7) is 7.59. The predicted molar refractivity (Wildman–Crippen MR) is 133 cm³/mol. The molecule has 5 N–H and O–H groups in total. The van der Waals surface area contributed by atoms with Crippen molar-refractivity contribution in [1.29, 1.82) is 0 Å². The molecule has 3 amide bonds. The molecule has 1 aromatic carbocycles. The lowest BCUT2D eigenvalue weighted by atomic mass is 10.0. The van der Waals surface area contributed by atoms with Gasteiger partial charge >= 0.3 is 0 Å². The molecule has 0 saturated heterocycles. The first-order valence-electron chi connectivity index (χ1n) is 10.9. The summed E-state index contributed by atoms with van der Waals surface area (Å²) < 4.78 is 14.8. The molecule has 2 aromatic rings. The van der Waals surface area contributed by atoms with Crippen molar-refractivity contribution in [3.63, 3.8) is 0 Å². The van der Waals surface area contributed by atoms with E-state index in [0.717, 1.165) is 18.0 Å². The Morgan fingerprint density at radius 2 is 1.88 bits per heavy atom. The minimum absolute atomic E-state index is 0.0109. The van der Waals surface area contributed by atoms with Crippen molar-refractivity contribution in [1.82, 2.24) is 9.69 Å². The number of rotatable bonds is 10. The van der Waals surface area contributed by atoms with E-state index in [1.54, 1.807) is 18.2 Å². The molecule has 2 rings (SSSR count). The van der Waals surface area contributed by atoms with Crippen LogP contribution in [0.1, 0.15) is 67.1 Å². The fourth-order valence-electron chi connectivity index (χ4n) is 3.37. The van der Waals surface area contributed by atoms with Crippen LogP contribution in [0.5, 0.6) is 11.5 Å². The summed E-state index contributed by atoms with van der Waals surface area (Å²) in [6, 6.07) is 4.05. The van der Waals surface area contributed by atoms with E-state index in [0.29, 0.717) is 30.0 Å². The Kier molecular flexibility index (Phi) is 8.86. The highest BCUT2D eigenvalue weighted by Crippen LogP contribution is 2.37. The van der Waals surface area contributed by atoms with Crippen LogP contribution in [0.4, 0.5) is 11.4 Å². The Balaban J connectivity index is 2.72. The van der Waals surface area contributed by atoms with Crippen molar-refractivity contribution in [3.05, 3.63) is 28.8 Å². The topological polar surface area (TPSA) is 150 Å². The molecule has 0 saturated carbocycles. The Labute approximate surface area is 203 Å². The number of carbonyl (C=O) groups excluding carboxylic acids is 3. The molecule has 0 aliphatic heterocycles. The molecule has 11 heteroatoms. The summed E-state index contributed by atoms with van der Waals surface area (Å²) in [5.74, 6) is -0.905. The van der Waals surface area contributed by atoms with Crippen molar-refractivity contribution < 1.29 is 23.9 Å². The molecule has 0 fully saturated rings. The van der Waals surface area contributed by atoms with Gasteiger partial charge in [0.15, 0.2) is 5.69 Å². The molecule has 1 unspecified atom stereocenters. The summed E-state index contributed by atoms with van der Waals surface area (Å²) >= 11 is 0.759. The second kappa shape index (κ2) is 11.2. The number of anilines is 2. The number of hydrogen-bond donors (Lipinski definition) is 3. The lowest BCUT2D eigenvalue weighted by Crippen LogP contribution is -2.54. The zero-order chi connectivity index (χ0) is 25.6. The second-order valence-corrected chi connectivity index (χ2v) is 9.52. The smallest absolute Gasteiger partial charge is 0.272 e. The average molecular weight is 492 g/mol. The highest BCUT2D eigenvalue weighted by atomic mass is 32.1. The maximum absolute atomic E-state index is 13.9. The van der Waals surface area contributed by atoms with Gasteiger partial charge in [-0.3, -0.25) is 19.3 Å². The van der Waals surface area contributed by atoms with Crippen molar-refractivity contribution in [3.8, 4) is 11.5 Å². The monoisotopic (exact) mass is 491 g/mol. The van der Waals surface area contributed by atoms with Gasteiger partial charge in [-0.2, -0.15) is 4.37 Å². The molecular formula is C23H33N5O5S. The average Bonchev–Trinajstić information content (AvgIpc) is 3.16. The van der Waals surface area contributed by atoms with Crippen LogP contribution in [0.3, 0.4) is 0 Å². The van der Waals surface area contributed by atoms with E-state index in [1.165, 1.54) is 19.1 Å². The number of nitrogen functional groups attached to an aromatic ring is 1. The third kappa shape index (κ3) is 6.16. The normalized spacial score (nSPS) is 12.1. The molecule has 34 heavy (non-hydrogen) atoms. The first-order valence-corrected chi connectivity index (χ1v) is 11.6. The first kappa shape index (κ1) is 26.9. The Morgan fingerprint density at radius 3 is 2.38 bits per heavy atom. The Hall–Kier alpha value is -3.34. The Morgan fingerprint density at radius 1 is 1.21 bits per heavy atom. The SMILES string of the molecule is CCCCC(C(=O)NC(C)(C)C)N(C(=O)c1snc(C(N)=O)c1N)c1ccc(OC)cc1OC. The van der Waals surface area contributed by atoms with Crippen molar-refractivity contribution in [2.45, 2.75) is 58.5 Å². The van der Waals surface area contributed by atoms with Crippen LogP contribution in [0, 0.1) is 0 Å². The molecule has 0 bridgehead atoms. The molecule has 0 radical (unpaired) electrons. The minimum Gasteiger partial charge on any atom is -0.497 e. The standard InChI is InChI=1S/C23H33N5O5S/c1-7-8-9-15(21(30)26-23(2,3)4)28(14-11-10-13(32-5)12-16(14)33-6)22(31)19-17(24)18(20(25)29)27-34-19/h10-12,15H,7-9,24H2,1-6H3,(H2,25,29)(H,26,30).